The Balaban J connectivity index is 2.46. The maximum absolute atomic E-state index is 13.5. The zero-order valence-corrected chi connectivity index (χ0v) is 12.8. The quantitative estimate of drug-likeness (QED) is 0.567. The summed E-state index contributed by atoms with van der Waals surface area (Å²) in [5.74, 6) is -1.40. The van der Waals surface area contributed by atoms with Crippen LogP contribution in [0.25, 0.3) is 0 Å². The lowest BCUT2D eigenvalue weighted by molar-refractivity contribution is -0.117. The topological polar surface area (TPSA) is 86.7 Å². The summed E-state index contributed by atoms with van der Waals surface area (Å²) in [5.41, 5.74) is -0.664. The fraction of sp³-hybridized carbons (Fsp3) is 0.200. The third kappa shape index (κ3) is 2.61. The lowest BCUT2D eigenvalue weighted by Crippen LogP contribution is -2.29. The van der Waals surface area contributed by atoms with E-state index in [1.807, 2.05) is 0 Å². The van der Waals surface area contributed by atoms with Crippen molar-refractivity contribution in [3.63, 3.8) is 0 Å². The number of amides is 1. The Morgan fingerprint density at radius 3 is 2.55 bits per heavy atom. The Labute approximate surface area is 123 Å². The Hall–Kier alpha value is -1.30. The molecule has 0 radical (unpaired) electrons. The molecule has 0 aliphatic carbocycles. The van der Waals surface area contributed by atoms with E-state index in [0.717, 1.165) is 18.2 Å². The van der Waals surface area contributed by atoms with Crippen molar-refractivity contribution < 1.29 is 27.1 Å². The molecule has 6 nitrogen and oxygen atoms in total. The van der Waals surface area contributed by atoms with Crippen LogP contribution in [0.15, 0.2) is 18.2 Å². The van der Waals surface area contributed by atoms with Crippen LogP contribution in [0.4, 0.5) is 14.5 Å². The van der Waals surface area contributed by atoms with Gasteiger partial charge in [0.05, 0.1) is 5.69 Å². The average Bonchev–Trinajstić information content (AvgIpc) is 2.62. The molecule has 110 valence electrons. The number of carbonyl (C=O) groups excluding carboxylic acids is 1. The fourth-order valence-electron chi connectivity index (χ4n) is 1.65. The van der Waals surface area contributed by atoms with Gasteiger partial charge in [-0.3, -0.25) is 4.79 Å². The van der Waals surface area contributed by atoms with Crippen LogP contribution in [0, 0.1) is 0 Å². The lowest BCUT2D eigenvalue weighted by atomic mass is 10.2. The first-order valence-electron chi connectivity index (χ1n) is 5.11. The molecule has 0 unspecified atom stereocenters. The number of nitrogens with one attached hydrogen (secondary N) is 1. The van der Waals surface area contributed by atoms with E-state index in [-0.39, 0.29) is 5.69 Å². The highest BCUT2D eigenvalue weighted by Gasteiger charge is 2.36. The van der Waals surface area contributed by atoms with E-state index in [0.29, 0.717) is 4.31 Å². The molecule has 20 heavy (non-hydrogen) atoms. The third-order valence-corrected chi connectivity index (χ3v) is 5.53. The summed E-state index contributed by atoms with van der Waals surface area (Å²) >= 11 is -1.67. The molecule has 1 fully saturated rings. The van der Waals surface area contributed by atoms with Crippen LogP contribution >= 0.6 is 20.7 Å². The van der Waals surface area contributed by atoms with Gasteiger partial charge in [-0.2, -0.15) is 17.2 Å². The van der Waals surface area contributed by atoms with Gasteiger partial charge in [0.15, 0.2) is 0 Å². The van der Waals surface area contributed by atoms with Gasteiger partial charge in [0.2, 0.25) is 0 Å². The summed E-state index contributed by atoms with van der Waals surface area (Å²) in [6.07, 6.45) is 0. The minimum absolute atomic E-state index is 0.231. The molecule has 1 saturated heterocycles. The second-order valence-electron chi connectivity index (χ2n) is 3.87. The molecule has 10 heteroatoms. The molecule has 1 aliphatic heterocycles. The highest BCUT2D eigenvalue weighted by Crippen LogP contribution is 2.42. The van der Waals surface area contributed by atoms with Crippen molar-refractivity contribution in [2.45, 2.75) is 3.93 Å². The molecular weight excluding hydrogens is 409 g/mol. The molecule has 1 aromatic carbocycles. The minimum atomic E-state index is -4.08. The SMILES string of the molecule is C=IC(F)(F)c1ccc(N2CC(=O)NS2(=O)=O)c(O)c1. The molecule has 2 N–H and O–H groups in total. The number of hydrogen-bond acceptors (Lipinski definition) is 4. The molecule has 1 heterocycles. The van der Waals surface area contributed by atoms with Gasteiger partial charge < -0.3 is 5.11 Å². The van der Waals surface area contributed by atoms with E-state index in [1.54, 1.807) is 4.72 Å². The fourth-order valence-corrected chi connectivity index (χ4v) is 3.59. The van der Waals surface area contributed by atoms with Crippen molar-refractivity contribution in [2.24, 2.45) is 0 Å². The largest absolute Gasteiger partial charge is 0.506 e. The predicted molar refractivity (Wildman–Crippen MR) is 77.6 cm³/mol. The highest BCUT2D eigenvalue weighted by atomic mass is 127. The van der Waals surface area contributed by atoms with Crippen LogP contribution < -0.4 is 9.03 Å². The number of phenolic OH excluding ortho intramolecular Hbond substituents is 1. The number of alkyl halides is 3. The van der Waals surface area contributed by atoms with Crippen molar-refractivity contribution in [1.82, 2.24) is 4.72 Å². The molecule has 1 amide bonds. The summed E-state index contributed by atoms with van der Waals surface area (Å²) in [6, 6.07) is 2.84. The molecule has 0 spiro atoms. The first-order chi connectivity index (χ1) is 9.17. The van der Waals surface area contributed by atoms with Gasteiger partial charge in [-0.25, -0.2) is 9.03 Å². The molecule has 0 aromatic heterocycles. The van der Waals surface area contributed by atoms with E-state index in [9.17, 15) is 27.1 Å². The van der Waals surface area contributed by atoms with Crippen LogP contribution in [0.5, 0.6) is 5.75 Å². The summed E-state index contributed by atoms with van der Waals surface area (Å²) < 4.78 is 52.5. The van der Waals surface area contributed by atoms with E-state index in [1.165, 1.54) is 0 Å². The number of carbonyl (C=O) groups is 1. The van der Waals surface area contributed by atoms with Crippen molar-refractivity contribution in [3.05, 3.63) is 23.8 Å². The number of anilines is 1. The van der Waals surface area contributed by atoms with Crippen molar-refractivity contribution >= 4 is 47.0 Å². The first-order valence-corrected chi connectivity index (χ1v) is 9.16. The summed E-state index contributed by atoms with van der Waals surface area (Å²) in [4.78, 5) is 11.1. The number of benzene rings is 1. The normalized spacial score (nSPS) is 18.1. The van der Waals surface area contributed by atoms with Gasteiger partial charge in [0, 0.05) is 5.56 Å². The second-order valence-corrected chi connectivity index (χ2v) is 7.58. The first kappa shape index (κ1) is 15.1. The van der Waals surface area contributed by atoms with Gasteiger partial charge in [-0.15, -0.1) is 0 Å². The Kier molecular flexibility index (Phi) is 3.71. The van der Waals surface area contributed by atoms with Crippen molar-refractivity contribution in [2.75, 3.05) is 10.8 Å². The van der Waals surface area contributed by atoms with E-state index < -0.39 is 58.6 Å². The van der Waals surface area contributed by atoms with Gasteiger partial charge in [-0.1, -0.05) is 4.51 Å². The molecule has 1 aromatic rings. The molecule has 0 atom stereocenters. The zero-order chi connectivity index (χ0) is 15.1. The summed E-state index contributed by atoms with van der Waals surface area (Å²) in [5, 5.41) is 9.74. The van der Waals surface area contributed by atoms with Crippen molar-refractivity contribution in [1.29, 1.82) is 0 Å². The number of hydrogen-bond donors (Lipinski definition) is 2. The number of aromatic hydroxyl groups is 1. The lowest BCUT2D eigenvalue weighted by Gasteiger charge is -2.18. The molecule has 0 saturated carbocycles. The Morgan fingerprint density at radius 2 is 2.10 bits per heavy atom. The monoisotopic (exact) mass is 418 g/mol. The standard InChI is InChI=1S/C10H9F2IN2O4S/c1-13-10(11,12)6-2-3-7(8(16)4-6)15-5-9(17)14-20(15,18)19/h2-4,16H,1,5H2,(H,14,17). The minimum Gasteiger partial charge on any atom is -0.506 e. The van der Waals surface area contributed by atoms with Crippen molar-refractivity contribution in [3.8, 4) is 5.75 Å². The Morgan fingerprint density at radius 1 is 1.45 bits per heavy atom. The highest BCUT2D eigenvalue weighted by molar-refractivity contribution is 14.2. The molecular formula is C10H9F2IN2O4S. The second kappa shape index (κ2) is 4.91. The zero-order valence-electron chi connectivity index (χ0n) is 9.81. The van der Waals surface area contributed by atoms with E-state index in [4.69, 9.17) is 0 Å². The van der Waals surface area contributed by atoms with E-state index >= 15 is 0 Å². The maximum atomic E-state index is 13.5. The predicted octanol–water partition coefficient (Wildman–Crippen LogP) is 1.03. The van der Waals surface area contributed by atoms with Gasteiger partial charge in [0.25, 0.3) is 5.91 Å². The van der Waals surface area contributed by atoms with Crippen LogP contribution in [0.3, 0.4) is 0 Å². The van der Waals surface area contributed by atoms with Crippen LogP contribution in [0.2, 0.25) is 0 Å². The summed E-state index contributed by atoms with van der Waals surface area (Å²) in [6.45, 7) is -0.506. The number of phenols is 1. The molecule has 1 aliphatic rings. The molecule has 0 bridgehead atoms. The van der Waals surface area contributed by atoms with Gasteiger partial charge in [0.1, 0.15) is 12.3 Å². The van der Waals surface area contributed by atoms with Gasteiger partial charge >= 0.3 is 14.1 Å². The Bertz CT molecular complexity index is 692. The third-order valence-electron chi connectivity index (χ3n) is 2.56. The average molecular weight is 418 g/mol. The van der Waals surface area contributed by atoms with Gasteiger partial charge in [-0.05, 0) is 38.9 Å². The maximum Gasteiger partial charge on any atom is 0.326 e. The smallest absolute Gasteiger partial charge is 0.326 e. The van der Waals surface area contributed by atoms with E-state index in [2.05, 4.69) is 4.51 Å². The van der Waals surface area contributed by atoms with Crippen LogP contribution in [-0.2, 0) is 18.9 Å². The molecule has 2 rings (SSSR count). The van der Waals surface area contributed by atoms with Crippen LogP contribution in [0.1, 0.15) is 5.56 Å². The number of halogens is 3. The van der Waals surface area contributed by atoms with Crippen LogP contribution in [-0.4, -0.2) is 30.5 Å². The number of nitrogens with zero attached hydrogens (tertiary/aromatic N) is 1. The summed E-state index contributed by atoms with van der Waals surface area (Å²) in [7, 11) is -4.08. The number of rotatable bonds is 3.